The maximum absolute atomic E-state index is 12.0. The lowest BCUT2D eigenvalue weighted by Gasteiger charge is -2.29. The molecule has 12 heavy (non-hydrogen) atoms. The predicted octanol–water partition coefficient (Wildman–Crippen LogP) is 2.35. The van der Waals surface area contributed by atoms with Gasteiger partial charge in [-0.05, 0) is 12.8 Å². The summed E-state index contributed by atoms with van der Waals surface area (Å²) in [7, 11) is 0. The van der Waals surface area contributed by atoms with Crippen molar-refractivity contribution in [2.24, 2.45) is 11.7 Å². The fourth-order valence-corrected chi connectivity index (χ4v) is 1.80. The molecule has 0 aromatic heterocycles. The molecule has 0 aliphatic heterocycles. The lowest BCUT2D eigenvalue weighted by molar-refractivity contribution is 0.322. The fraction of sp³-hybridized carbons (Fsp3) is 1.00. The van der Waals surface area contributed by atoms with Crippen molar-refractivity contribution in [2.75, 3.05) is 0 Å². The van der Waals surface area contributed by atoms with Crippen molar-refractivity contribution in [1.82, 2.24) is 0 Å². The summed E-state index contributed by atoms with van der Waals surface area (Å²) in [5.41, 5.74) is 5.58. The molecule has 0 radical (unpaired) electrons. The van der Waals surface area contributed by atoms with E-state index in [1.54, 1.807) is 0 Å². The Hall–Kier alpha value is -0.185. The van der Waals surface area contributed by atoms with Crippen molar-refractivity contribution >= 4 is 6.98 Å². The molecule has 72 valence electrons. The summed E-state index contributed by atoms with van der Waals surface area (Å²) >= 11 is 0. The van der Waals surface area contributed by atoms with E-state index in [4.69, 9.17) is 5.73 Å². The smallest absolute Gasteiger partial charge is 0.449 e. The van der Waals surface area contributed by atoms with Crippen molar-refractivity contribution in [1.29, 1.82) is 0 Å². The Balaban J connectivity index is 2.26. The van der Waals surface area contributed by atoms with Crippen molar-refractivity contribution in [3.05, 3.63) is 0 Å². The molecule has 0 atom stereocenters. The molecule has 0 amide bonds. The molecule has 0 aromatic rings. The second kappa shape index (κ2) is 3.68. The summed E-state index contributed by atoms with van der Waals surface area (Å²) < 4.78 is 35.9. The van der Waals surface area contributed by atoms with Gasteiger partial charge in [0.15, 0.2) is 0 Å². The summed E-state index contributed by atoms with van der Waals surface area (Å²) in [6.07, 6.45) is 2.27. The van der Waals surface area contributed by atoms with Crippen molar-refractivity contribution < 1.29 is 12.9 Å². The van der Waals surface area contributed by atoms with Crippen molar-refractivity contribution in [3.63, 3.8) is 0 Å². The zero-order chi connectivity index (χ0) is 9.19. The highest BCUT2D eigenvalue weighted by atomic mass is 19.4. The number of hydrogen-bond donors (Lipinski definition) is 1. The average Bonchev–Trinajstić information content (AvgIpc) is 1.91. The number of nitrogens with two attached hydrogens (primary N) is 1. The van der Waals surface area contributed by atoms with Gasteiger partial charge in [0.1, 0.15) is 0 Å². The van der Waals surface area contributed by atoms with Gasteiger partial charge in [-0.2, -0.15) is 0 Å². The zero-order valence-corrected chi connectivity index (χ0v) is 6.98. The third-order valence-corrected chi connectivity index (χ3v) is 2.49. The zero-order valence-electron chi connectivity index (χ0n) is 6.98. The van der Waals surface area contributed by atoms with Crippen LogP contribution in [0, 0.1) is 5.92 Å². The van der Waals surface area contributed by atoms with Crippen molar-refractivity contribution in [3.8, 4) is 0 Å². The molecule has 1 aliphatic carbocycles. The first kappa shape index (κ1) is 9.90. The van der Waals surface area contributed by atoms with Crippen LogP contribution in [0.15, 0.2) is 0 Å². The number of hydrogen-bond acceptors (Lipinski definition) is 1. The minimum absolute atomic E-state index is 0.141. The van der Waals surface area contributed by atoms with Crippen LogP contribution < -0.4 is 5.73 Å². The quantitative estimate of drug-likeness (QED) is 0.648. The van der Waals surface area contributed by atoms with Gasteiger partial charge in [0.2, 0.25) is 0 Å². The van der Waals surface area contributed by atoms with E-state index >= 15 is 0 Å². The van der Waals surface area contributed by atoms with E-state index in [9.17, 15) is 12.9 Å². The van der Waals surface area contributed by atoms with Gasteiger partial charge in [0.25, 0.3) is 0 Å². The van der Waals surface area contributed by atoms with Gasteiger partial charge in [0, 0.05) is 6.04 Å². The van der Waals surface area contributed by atoms with Crippen LogP contribution in [0.5, 0.6) is 0 Å². The molecule has 0 aromatic carbocycles. The highest BCUT2D eigenvalue weighted by molar-refractivity contribution is 6.58. The molecule has 5 heteroatoms. The van der Waals surface area contributed by atoms with Crippen LogP contribution in [0.1, 0.15) is 25.7 Å². The van der Waals surface area contributed by atoms with E-state index < -0.39 is 13.3 Å². The normalized spacial score (nSPS) is 32.0. The number of halogens is 3. The van der Waals surface area contributed by atoms with E-state index in [1.165, 1.54) is 0 Å². The van der Waals surface area contributed by atoms with E-state index in [2.05, 4.69) is 0 Å². The largest absolute Gasteiger partial charge is 0.478 e. The number of rotatable bonds is 2. The molecule has 0 saturated heterocycles. The SMILES string of the molecule is NC1CCC(C[B-](F)(F)F)CC1. The highest BCUT2D eigenvalue weighted by Crippen LogP contribution is 2.31. The Bertz CT molecular complexity index is 140. The maximum atomic E-state index is 12.0. The summed E-state index contributed by atoms with van der Waals surface area (Å²) in [5, 5.41) is 0. The van der Waals surface area contributed by atoms with Gasteiger partial charge in [-0.1, -0.05) is 25.1 Å². The van der Waals surface area contributed by atoms with E-state index in [0.717, 1.165) is 12.8 Å². The van der Waals surface area contributed by atoms with Gasteiger partial charge in [-0.25, -0.2) is 0 Å². The van der Waals surface area contributed by atoms with Gasteiger partial charge >= 0.3 is 6.98 Å². The first-order chi connectivity index (χ1) is 5.47. The first-order valence-corrected chi connectivity index (χ1v) is 4.44. The molecule has 0 unspecified atom stereocenters. The summed E-state index contributed by atoms with van der Waals surface area (Å²) in [5.74, 6) is -0.148. The molecule has 1 aliphatic rings. The van der Waals surface area contributed by atoms with E-state index in [1.807, 2.05) is 0 Å². The lowest BCUT2D eigenvalue weighted by Crippen LogP contribution is -2.29. The molecule has 1 rings (SSSR count). The second-order valence-corrected chi connectivity index (χ2v) is 3.73. The monoisotopic (exact) mass is 180 g/mol. The van der Waals surface area contributed by atoms with Gasteiger partial charge in [0.05, 0.1) is 0 Å². The molecule has 2 N–H and O–H groups in total. The fourth-order valence-electron chi connectivity index (χ4n) is 1.80. The van der Waals surface area contributed by atoms with Crippen LogP contribution in [-0.2, 0) is 0 Å². The van der Waals surface area contributed by atoms with E-state index in [-0.39, 0.29) is 12.0 Å². The van der Waals surface area contributed by atoms with Crippen LogP contribution in [0.2, 0.25) is 6.32 Å². The third kappa shape index (κ3) is 3.47. The van der Waals surface area contributed by atoms with Gasteiger partial charge < -0.3 is 18.7 Å². The Labute approximate surface area is 70.6 Å². The molecular weight excluding hydrogens is 166 g/mol. The van der Waals surface area contributed by atoms with Crippen LogP contribution in [-0.4, -0.2) is 13.0 Å². The highest BCUT2D eigenvalue weighted by Gasteiger charge is 2.29. The summed E-state index contributed by atoms with van der Waals surface area (Å²) in [6, 6.07) is 0.141. The predicted molar refractivity (Wildman–Crippen MR) is 43.8 cm³/mol. The molecule has 0 heterocycles. The summed E-state index contributed by atoms with van der Waals surface area (Å²) in [6.45, 7) is -4.59. The van der Waals surface area contributed by atoms with Gasteiger partial charge in [-0.15, -0.1) is 0 Å². The molecule has 1 saturated carbocycles. The van der Waals surface area contributed by atoms with Gasteiger partial charge in [-0.3, -0.25) is 0 Å². The molecule has 0 spiro atoms. The molecular formula is C7H14BF3N-. The van der Waals surface area contributed by atoms with E-state index in [0.29, 0.717) is 12.8 Å². The first-order valence-electron chi connectivity index (χ1n) is 4.44. The molecule has 1 nitrogen and oxygen atoms in total. The van der Waals surface area contributed by atoms with Crippen LogP contribution in [0.3, 0.4) is 0 Å². The molecule has 0 bridgehead atoms. The third-order valence-electron chi connectivity index (χ3n) is 2.49. The van der Waals surface area contributed by atoms with Crippen LogP contribution in [0.4, 0.5) is 12.9 Å². The Morgan fingerprint density at radius 2 is 1.58 bits per heavy atom. The second-order valence-electron chi connectivity index (χ2n) is 3.73. The average molecular weight is 180 g/mol. The Morgan fingerprint density at radius 1 is 1.08 bits per heavy atom. The topological polar surface area (TPSA) is 26.0 Å². The lowest BCUT2D eigenvalue weighted by atomic mass is 9.72. The Morgan fingerprint density at radius 3 is 2.00 bits per heavy atom. The maximum Gasteiger partial charge on any atom is 0.478 e. The van der Waals surface area contributed by atoms with Crippen molar-refractivity contribution in [2.45, 2.75) is 38.0 Å². The minimum atomic E-state index is -4.59. The Kier molecular flexibility index (Phi) is 3.04. The standard InChI is InChI=1S/C7H14BF3N/c9-8(10,11)5-6-1-3-7(12)4-2-6/h6-7H,1-5,12H2/q-1. The van der Waals surface area contributed by atoms with Crippen LogP contribution >= 0.6 is 0 Å². The minimum Gasteiger partial charge on any atom is -0.449 e. The van der Waals surface area contributed by atoms with Crippen LogP contribution in [0.25, 0.3) is 0 Å². The molecule has 1 fully saturated rings. The summed E-state index contributed by atoms with van der Waals surface area (Å²) in [4.78, 5) is 0.